The molecule has 0 bridgehead atoms. The first-order valence-electron chi connectivity index (χ1n) is 10.8. The summed E-state index contributed by atoms with van der Waals surface area (Å²) in [7, 11) is 0. The van der Waals surface area contributed by atoms with E-state index in [1.165, 1.54) is 42.1 Å². The monoisotopic (exact) mass is 429 g/mol. The third-order valence-electron chi connectivity index (χ3n) is 6.32. The summed E-state index contributed by atoms with van der Waals surface area (Å²) in [6.45, 7) is 0. The Kier molecular flexibility index (Phi) is 3.81. The van der Waals surface area contributed by atoms with Crippen molar-refractivity contribution in [2.24, 2.45) is 0 Å². The van der Waals surface area contributed by atoms with Crippen molar-refractivity contribution in [1.29, 1.82) is 0 Å². The van der Waals surface area contributed by atoms with E-state index in [4.69, 9.17) is 4.74 Å². The molecule has 1 atom stereocenters. The van der Waals surface area contributed by atoms with Crippen molar-refractivity contribution < 1.29 is 4.74 Å². The van der Waals surface area contributed by atoms with Crippen molar-refractivity contribution >= 4 is 48.0 Å². The Morgan fingerprint density at radius 1 is 0.688 bits per heavy atom. The SMILES string of the molecule is c1ccc(C2Nc3c(ccc4cc(-c5cccc6c5sc5ccccc56)ccc34)O2)cc1. The van der Waals surface area contributed by atoms with Gasteiger partial charge in [0.15, 0.2) is 6.23 Å². The molecule has 0 spiro atoms. The molecule has 0 radical (unpaired) electrons. The molecular weight excluding hydrogens is 410 g/mol. The number of hydrogen-bond acceptors (Lipinski definition) is 3. The van der Waals surface area contributed by atoms with E-state index in [0.29, 0.717) is 0 Å². The lowest BCUT2D eigenvalue weighted by atomic mass is 9.98. The van der Waals surface area contributed by atoms with Gasteiger partial charge in [0.05, 0.1) is 5.69 Å². The summed E-state index contributed by atoms with van der Waals surface area (Å²) < 4.78 is 8.88. The normalized spacial score (nSPS) is 15.1. The van der Waals surface area contributed by atoms with Crippen LogP contribution in [0.2, 0.25) is 0 Å². The summed E-state index contributed by atoms with van der Waals surface area (Å²) in [5.74, 6) is 0.908. The zero-order valence-corrected chi connectivity index (χ0v) is 18.0. The minimum absolute atomic E-state index is 0.149. The third kappa shape index (κ3) is 2.65. The fourth-order valence-corrected chi connectivity index (χ4v) is 6.00. The lowest BCUT2D eigenvalue weighted by molar-refractivity contribution is 0.260. The molecule has 32 heavy (non-hydrogen) atoms. The van der Waals surface area contributed by atoms with Gasteiger partial charge in [0, 0.05) is 31.1 Å². The molecule has 0 saturated heterocycles. The van der Waals surface area contributed by atoms with Gasteiger partial charge >= 0.3 is 0 Å². The molecule has 2 heterocycles. The molecular formula is C29H19NOS. The number of anilines is 1. The Morgan fingerprint density at radius 3 is 2.47 bits per heavy atom. The molecule has 3 heteroatoms. The third-order valence-corrected chi connectivity index (χ3v) is 7.54. The smallest absolute Gasteiger partial charge is 0.196 e. The molecule has 0 fully saturated rings. The maximum atomic E-state index is 6.20. The van der Waals surface area contributed by atoms with Crippen LogP contribution in [0.5, 0.6) is 5.75 Å². The second-order valence-corrected chi connectivity index (χ2v) is 9.26. The van der Waals surface area contributed by atoms with Crippen LogP contribution < -0.4 is 10.1 Å². The Labute approximate surface area is 189 Å². The van der Waals surface area contributed by atoms with E-state index in [2.05, 4.69) is 90.2 Å². The zero-order chi connectivity index (χ0) is 21.1. The van der Waals surface area contributed by atoms with Crippen molar-refractivity contribution in [3.05, 3.63) is 109 Å². The molecule has 0 saturated carbocycles. The summed E-state index contributed by atoms with van der Waals surface area (Å²) in [4.78, 5) is 0. The second kappa shape index (κ2) is 6.84. The molecule has 1 aromatic heterocycles. The Hall–Kier alpha value is -3.82. The number of nitrogens with one attached hydrogen (secondary N) is 1. The van der Waals surface area contributed by atoms with E-state index in [1.54, 1.807) is 0 Å². The van der Waals surface area contributed by atoms with Crippen molar-refractivity contribution in [3.8, 4) is 16.9 Å². The summed E-state index contributed by atoms with van der Waals surface area (Å²) >= 11 is 1.87. The lowest BCUT2D eigenvalue weighted by Gasteiger charge is -2.11. The summed E-state index contributed by atoms with van der Waals surface area (Å²) in [6, 6.07) is 36.6. The molecule has 1 aliphatic rings. The quantitative estimate of drug-likeness (QED) is 0.298. The van der Waals surface area contributed by atoms with Crippen LogP contribution >= 0.6 is 11.3 Å². The van der Waals surface area contributed by atoms with Gasteiger partial charge in [0.25, 0.3) is 0 Å². The Morgan fingerprint density at radius 2 is 1.53 bits per heavy atom. The topological polar surface area (TPSA) is 21.3 Å². The molecule has 7 rings (SSSR count). The highest BCUT2D eigenvalue weighted by molar-refractivity contribution is 7.26. The summed E-state index contributed by atoms with van der Waals surface area (Å²) in [5, 5.41) is 8.65. The number of ether oxygens (including phenoxy) is 1. The van der Waals surface area contributed by atoms with Crippen molar-refractivity contribution in [1.82, 2.24) is 0 Å². The number of rotatable bonds is 2. The van der Waals surface area contributed by atoms with Crippen molar-refractivity contribution in [3.63, 3.8) is 0 Å². The Balaban J connectivity index is 1.34. The summed E-state index contributed by atoms with van der Waals surface area (Å²) in [5.41, 5.74) is 4.73. The first kappa shape index (κ1) is 17.8. The highest BCUT2D eigenvalue weighted by Gasteiger charge is 2.25. The molecule has 6 aromatic rings. The first-order chi connectivity index (χ1) is 15.8. The van der Waals surface area contributed by atoms with E-state index in [0.717, 1.165) is 17.0 Å². The predicted molar refractivity (Wildman–Crippen MR) is 136 cm³/mol. The van der Waals surface area contributed by atoms with Gasteiger partial charge in [-0.15, -0.1) is 11.3 Å². The van der Waals surface area contributed by atoms with Crippen LogP contribution in [0.4, 0.5) is 5.69 Å². The molecule has 152 valence electrons. The van der Waals surface area contributed by atoms with Crippen LogP contribution in [0.25, 0.3) is 42.1 Å². The first-order valence-corrected chi connectivity index (χ1v) is 11.6. The van der Waals surface area contributed by atoms with Gasteiger partial charge in [0.1, 0.15) is 5.75 Å². The maximum Gasteiger partial charge on any atom is 0.196 e. The van der Waals surface area contributed by atoms with E-state index in [-0.39, 0.29) is 6.23 Å². The second-order valence-electron chi connectivity index (χ2n) is 8.21. The van der Waals surface area contributed by atoms with Crippen molar-refractivity contribution in [2.75, 3.05) is 5.32 Å². The van der Waals surface area contributed by atoms with Crippen LogP contribution in [-0.4, -0.2) is 0 Å². The van der Waals surface area contributed by atoms with Crippen LogP contribution in [0.15, 0.2) is 103 Å². The van der Waals surface area contributed by atoms with Gasteiger partial charge in [-0.3, -0.25) is 0 Å². The van der Waals surface area contributed by atoms with Gasteiger partial charge in [0.2, 0.25) is 0 Å². The van der Waals surface area contributed by atoms with E-state index < -0.39 is 0 Å². The van der Waals surface area contributed by atoms with Gasteiger partial charge in [-0.25, -0.2) is 0 Å². The predicted octanol–water partition coefficient (Wildman–Crippen LogP) is 8.38. The lowest BCUT2D eigenvalue weighted by Crippen LogP contribution is -2.09. The van der Waals surface area contributed by atoms with Crippen LogP contribution in [0, 0.1) is 0 Å². The summed E-state index contributed by atoms with van der Waals surface area (Å²) in [6.07, 6.45) is -0.149. The number of hydrogen-bond donors (Lipinski definition) is 1. The molecule has 5 aromatic carbocycles. The highest BCUT2D eigenvalue weighted by Crippen LogP contribution is 2.45. The maximum absolute atomic E-state index is 6.20. The standard InChI is InChI=1S/C29H19NOS/c1-2-7-18(8-3-1)29-30-27-21-15-13-20(17-19(21)14-16-25(27)31-29)22-10-6-11-24-23-9-4-5-12-26(23)32-28(22)24/h1-17,29-30H. The van der Waals surface area contributed by atoms with Gasteiger partial charge in [-0.2, -0.15) is 0 Å². The number of fused-ring (bicyclic) bond motifs is 6. The largest absolute Gasteiger partial charge is 0.464 e. The number of benzene rings is 5. The molecule has 1 aliphatic heterocycles. The average molecular weight is 430 g/mol. The van der Waals surface area contributed by atoms with Gasteiger partial charge < -0.3 is 10.1 Å². The fourth-order valence-electron chi connectivity index (χ4n) is 4.77. The molecule has 0 aliphatic carbocycles. The Bertz CT molecular complexity index is 1630. The molecule has 0 amide bonds. The van der Waals surface area contributed by atoms with Gasteiger partial charge in [-0.1, -0.05) is 84.9 Å². The molecule has 1 unspecified atom stereocenters. The zero-order valence-electron chi connectivity index (χ0n) is 17.2. The minimum atomic E-state index is -0.149. The molecule has 1 N–H and O–H groups in total. The van der Waals surface area contributed by atoms with Crippen LogP contribution in [0.1, 0.15) is 11.8 Å². The minimum Gasteiger partial charge on any atom is -0.464 e. The molecule has 2 nitrogen and oxygen atoms in total. The average Bonchev–Trinajstić information content (AvgIpc) is 3.46. The van der Waals surface area contributed by atoms with E-state index >= 15 is 0 Å². The van der Waals surface area contributed by atoms with E-state index in [1.807, 2.05) is 29.5 Å². The fraction of sp³-hybridized carbons (Fsp3) is 0.0345. The van der Waals surface area contributed by atoms with Gasteiger partial charge in [-0.05, 0) is 34.7 Å². The van der Waals surface area contributed by atoms with Crippen molar-refractivity contribution in [2.45, 2.75) is 6.23 Å². The van der Waals surface area contributed by atoms with E-state index in [9.17, 15) is 0 Å². The van der Waals surface area contributed by atoms with Crippen LogP contribution in [-0.2, 0) is 0 Å². The van der Waals surface area contributed by atoms with Crippen LogP contribution in [0.3, 0.4) is 0 Å². The number of thiophene rings is 1. The highest BCUT2D eigenvalue weighted by atomic mass is 32.1.